The number of carbonyl (C=O) groups excluding carboxylic acids is 2. The Kier molecular flexibility index (Phi) is 5.33. The number of rotatable bonds is 4. The van der Waals surface area contributed by atoms with E-state index in [1.807, 2.05) is 23.1 Å². The fourth-order valence-corrected chi connectivity index (χ4v) is 2.67. The summed E-state index contributed by atoms with van der Waals surface area (Å²) in [5.74, 6) is 0.00601. The van der Waals surface area contributed by atoms with Gasteiger partial charge in [-0.3, -0.25) is 9.59 Å². The molecule has 0 bridgehead atoms. The monoisotopic (exact) mass is 289 g/mol. The summed E-state index contributed by atoms with van der Waals surface area (Å²) in [5, 5.41) is 2.68. The van der Waals surface area contributed by atoms with Gasteiger partial charge in [-0.1, -0.05) is 30.3 Å². The van der Waals surface area contributed by atoms with Crippen molar-refractivity contribution in [1.29, 1.82) is 0 Å². The van der Waals surface area contributed by atoms with Crippen molar-refractivity contribution >= 4 is 11.8 Å². The predicted octanol–water partition coefficient (Wildman–Crippen LogP) is 1.03. The molecule has 5 heteroatoms. The number of nitrogens with one attached hydrogen (secondary N) is 1. The van der Waals surface area contributed by atoms with Gasteiger partial charge in [0.1, 0.15) is 0 Å². The van der Waals surface area contributed by atoms with Gasteiger partial charge in [-0.05, 0) is 12.6 Å². The molecular weight excluding hydrogens is 266 g/mol. The third-order valence-corrected chi connectivity index (χ3v) is 3.80. The van der Waals surface area contributed by atoms with Gasteiger partial charge in [0.15, 0.2) is 0 Å². The van der Waals surface area contributed by atoms with Crippen molar-refractivity contribution in [3.63, 3.8) is 0 Å². The van der Waals surface area contributed by atoms with Crippen molar-refractivity contribution in [2.24, 2.45) is 0 Å². The number of piperazine rings is 1. The molecule has 2 amide bonds. The Hall–Kier alpha value is -1.88. The van der Waals surface area contributed by atoms with Gasteiger partial charge in [0.2, 0.25) is 11.8 Å². The number of hydrogen-bond acceptors (Lipinski definition) is 3. The highest BCUT2D eigenvalue weighted by molar-refractivity contribution is 5.78. The summed E-state index contributed by atoms with van der Waals surface area (Å²) in [5.41, 5.74) is 1.16. The van der Waals surface area contributed by atoms with Crippen LogP contribution in [0.25, 0.3) is 0 Å². The Balaban J connectivity index is 2.04. The van der Waals surface area contributed by atoms with Crippen LogP contribution >= 0.6 is 0 Å². The van der Waals surface area contributed by atoms with Gasteiger partial charge in [-0.15, -0.1) is 0 Å². The highest BCUT2D eigenvalue weighted by atomic mass is 16.2. The van der Waals surface area contributed by atoms with E-state index in [-0.39, 0.29) is 17.9 Å². The topological polar surface area (TPSA) is 52.7 Å². The maximum absolute atomic E-state index is 12.4. The van der Waals surface area contributed by atoms with E-state index < -0.39 is 0 Å². The van der Waals surface area contributed by atoms with Gasteiger partial charge in [0, 0.05) is 39.5 Å². The molecule has 21 heavy (non-hydrogen) atoms. The third-order valence-electron chi connectivity index (χ3n) is 3.80. The fraction of sp³-hybridized carbons (Fsp3) is 0.500. The summed E-state index contributed by atoms with van der Waals surface area (Å²) < 4.78 is 0. The quantitative estimate of drug-likeness (QED) is 0.900. The van der Waals surface area contributed by atoms with Crippen LogP contribution in [0.5, 0.6) is 0 Å². The van der Waals surface area contributed by atoms with Crippen molar-refractivity contribution in [3.05, 3.63) is 35.9 Å². The van der Waals surface area contributed by atoms with Crippen LogP contribution in [0, 0.1) is 0 Å². The Morgan fingerprint density at radius 2 is 1.95 bits per heavy atom. The Morgan fingerprint density at radius 3 is 2.62 bits per heavy atom. The van der Waals surface area contributed by atoms with Crippen LogP contribution in [0.4, 0.5) is 0 Å². The van der Waals surface area contributed by atoms with Crippen molar-refractivity contribution in [2.75, 3.05) is 33.2 Å². The van der Waals surface area contributed by atoms with Crippen molar-refractivity contribution in [2.45, 2.75) is 19.4 Å². The number of benzene rings is 1. The molecule has 2 rings (SSSR count). The van der Waals surface area contributed by atoms with Gasteiger partial charge in [0.25, 0.3) is 0 Å². The molecule has 0 saturated carbocycles. The second-order valence-electron chi connectivity index (χ2n) is 5.51. The molecule has 1 aromatic carbocycles. The van der Waals surface area contributed by atoms with E-state index in [2.05, 4.69) is 29.4 Å². The zero-order valence-electron chi connectivity index (χ0n) is 12.7. The fourth-order valence-electron chi connectivity index (χ4n) is 2.67. The summed E-state index contributed by atoms with van der Waals surface area (Å²) in [7, 11) is 2.08. The number of likely N-dealkylation sites (N-methyl/N-ethyl adjacent to an activating group) is 1. The van der Waals surface area contributed by atoms with E-state index in [1.54, 1.807) is 0 Å². The second kappa shape index (κ2) is 7.22. The average Bonchev–Trinajstić information content (AvgIpc) is 2.47. The van der Waals surface area contributed by atoms with Crippen molar-refractivity contribution < 1.29 is 9.59 Å². The van der Waals surface area contributed by atoms with E-state index in [1.165, 1.54) is 6.92 Å². The number of nitrogens with zero attached hydrogens (tertiary/aromatic N) is 2. The first kappa shape index (κ1) is 15.5. The van der Waals surface area contributed by atoms with Gasteiger partial charge >= 0.3 is 0 Å². The van der Waals surface area contributed by atoms with Gasteiger partial charge < -0.3 is 15.1 Å². The highest BCUT2D eigenvalue weighted by Gasteiger charge is 2.29. The molecule has 5 nitrogen and oxygen atoms in total. The zero-order valence-corrected chi connectivity index (χ0v) is 12.7. The molecular formula is C16H23N3O2. The third kappa shape index (κ3) is 4.29. The van der Waals surface area contributed by atoms with E-state index in [0.717, 1.165) is 25.2 Å². The number of carbonyl (C=O) groups is 2. The Labute approximate surface area is 125 Å². The summed E-state index contributed by atoms with van der Waals surface area (Å²) in [6.07, 6.45) is 0.354. The Bertz CT molecular complexity index is 490. The molecule has 0 spiro atoms. The molecule has 1 atom stereocenters. The van der Waals surface area contributed by atoms with Crippen LogP contribution in [0.1, 0.15) is 24.9 Å². The molecule has 1 aromatic rings. The first-order valence-corrected chi connectivity index (χ1v) is 7.35. The summed E-state index contributed by atoms with van der Waals surface area (Å²) in [6.45, 7) is 4.33. The van der Waals surface area contributed by atoms with E-state index >= 15 is 0 Å². The first-order chi connectivity index (χ1) is 10.1. The van der Waals surface area contributed by atoms with Crippen LogP contribution in [0.15, 0.2) is 30.3 Å². The minimum Gasteiger partial charge on any atom is -0.356 e. The normalized spacial score (nSPS) is 19.3. The van der Waals surface area contributed by atoms with Crippen LogP contribution in [0.2, 0.25) is 0 Å². The van der Waals surface area contributed by atoms with Crippen LogP contribution in [-0.4, -0.2) is 54.8 Å². The smallest absolute Gasteiger partial charge is 0.224 e. The van der Waals surface area contributed by atoms with E-state index in [0.29, 0.717) is 13.0 Å². The summed E-state index contributed by atoms with van der Waals surface area (Å²) >= 11 is 0. The van der Waals surface area contributed by atoms with E-state index in [9.17, 15) is 9.59 Å². The maximum Gasteiger partial charge on any atom is 0.224 e. The molecule has 1 unspecified atom stereocenters. The lowest BCUT2D eigenvalue weighted by Gasteiger charge is -2.40. The van der Waals surface area contributed by atoms with Gasteiger partial charge in [-0.25, -0.2) is 0 Å². The van der Waals surface area contributed by atoms with Gasteiger partial charge in [-0.2, -0.15) is 0 Å². The zero-order chi connectivity index (χ0) is 15.2. The number of hydrogen-bond donors (Lipinski definition) is 1. The highest BCUT2D eigenvalue weighted by Crippen LogP contribution is 2.25. The lowest BCUT2D eigenvalue weighted by atomic mass is 10.0. The van der Waals surface area contributed by atoms with Gasteiger partial charge in [0.05, 0.1) is 6.04 Å². The molecule has 1 heterocycles. The van der Waals surface area contributed by atoms with Crippen LogP contribution < -0.4 is 5.32 Å². The minimum atomic E-state index is -0.0965. The molecule has 1 N–H and O–H groups in total. The van der Waals surface area contributed by atoms with Crippen molar-refractivity contribution in [1.82, 2.24) is 15.1 Å². The summed E-state index contributed by atoms with van der Waals surface area (Å²) in [6, 6.07) is 10.2. The molecule has 0 radical (unpaired) electrons. The van der Waals surface area contributed by atoms with Crippen LogP contribution in [-0.2, 0) is 9.59 Å². The Morgan fingerprint density at radius 1 is 1.24 bits per heavy atom. The first-order valence-electron chi connectivity index (χ1n) is 7.35. The summed E-state index contributed by atoms with van der Waals surface area (Å²) in [4.78, 5) is 27.5. The molecule has 1 saturated heterocycles. The molecule has 1 aliphatic rings. The van der Waals surface area contributed by atoms with E-state index in [4.69, 9.17) is 0 Å². The molecule has 0 aromatic heterocycles. The number of amides is 2. The lowest BCUT2D eigenvalue weighted by Crippen LogP contribution is -2.49. The van der Waals surface area contributed by atoms with Crippen LogP contribution in [0.3, 0.4) is 0 Å². The molecule has 1 aliphatic heterocycles. The average molecular weight is 289 g/mol. The predicted molar refractivity (Wildman–Crippen MR) is 81.7 cm³/mol. The largest absolute Gasteiger partial charge is 0.356 e. The van der Waals surface area contributed by atoms with Crippen molar-refractivity contribution in [3.8, 4) is 0 Å². The lowest BCUT2D eigenvalue weighted by molar-refractivity contribution is -0.136. The molecule has 1 fully saturated rings. The SMILES string of the molecule is CC(=O)NCCC(=O)N1CCN(C)CC1c1ccccc1. The maximum atomic E-state index is 12.4. The second-order valence-corrected chi connectivity index (χ2v) is 5.51. The molecule has 0 aliphatic carbocycles. The molecule has 114 valence electrons. The standard InChI is InChI=1S/C16H23N3O2/c1-13(20)17-9-8-16(21)19-11-10-18(2)12-15(19)14-6-4-3-5-7-14/h3-7,15H,8-12H2,1-2H3,(H,17,20). The minimum absolute atomic E-state index is 0.0924.